The maximum atomic E-state index is 5.97. The summed E-state index contributed by atoms with van der Waals surface area (Å²) in [6, 6.07) is 8.64. The molecule has 18 heavy (non-hydrogen) atoms. The number of allylic oxidation sites excluding steroid dienone is 4. The molecule has 1 aliphatic rings. The summed E-state index contributed by atoms with van der Waals surface area (Å²) in [7, 11) is 0. The average Bonchev–Trinajstić information content (AvgIpc) is 2.83. The Balaban J connectivity index is 0.000000771. The number of halogens is 1. The fourth-order valence-corrected chi connectivity index (χ4v) is 2.17. The van der Waals surface area contributed by atoms with Crippen LogP contribution in [0.4, 0.5) is 0 Å². The van der Waals surface area contributed by atoms with Crippen LogP contribution in [0.25, 0.3) is 0 Å². The lowest BCUT2D eigenvalue weighted by Crippen LogP contribution is -2.15. The van der Waals surface area contributed by atoms with Gasteiger partial charge in [-0.2, -0.15) is 0 Å². The Morgan fingerprint density at radius 1 is 1.22 bits per heavy atom. The standard InChI is InChI=1S/C14H14BCl.C2H6/c1-11-5-7-13(8-6-11)10-15-9-3-4-14(15)12(2)16;1-2/h3-9H,2,10H2,1H3;1-2H3. The minimum Gasteiger partial charge on any atom is -0.110 e. The van der Waals surface area contributed by atoms with Gasteiger partial charge in [0.25, 0.3) is 0 Å². The third kappa shape index (κ3) is 3.92. The van der Waals surface area contributed by atoms with E-state index < -0.39 is 0 Å². The molecule has 0 spiro atoms. The second-order valence-corrected chi connectivity index (χ2v) is 4.66. The molecule has 0 aliphatic carbocycles. The van der Waals surface area contributed by atoms with Crippen molar-refractivity contribution < 1.29 is 0 Å². The number of benzene rings is 1. The van der Waals surface area contributed by atoms with E-state index in [9.17, 15) is 0 Å². The monoisotopic (exact) mass is 258 g/mol. The Labute approximate surface area is 116 Å². The minimum atomic E-state index is 0.382. The summed E-state index contributed by atoms with van der Waals surface area (Å²) in [6.07, 6.45) is 5.10. The molecule has 0 fully saturated rings. The van der Waals surface area contributed by atoms with E-state index in [0.29, 0.717) is 11.7 Å². The Hall–Kier alpha value is -1.21. The molecule has 0 nitrogen and oxygen atoms in total. The predicted octanol–water partition coefficient (Wildman–Crippen LogP) is 4.92. The minimum absolute atomic E-state index is 0.382. The first-order chi connectivity index (χ1) is 8.66. The Morgan fingerprint density at radius 3 is 2.39 bits per heavy atom. The molecule has 0 radical (unpaired) electrons. The van der Waals surface area contributed by atoms with Gasteiger partial charge >= 0.3 is 0 Å². The van der Waals surface area contributed by atoms with E-state index in [0.717, 1.165) is 11.8 Å². The van der Waals surface area contributed by atoms with E-state index in [1.165, 1.54) is 11.1 Å². The molecule has 94 valence electrons. The van der Waals surface area contributed by atoms with Gasteiger partial charge in [0.15, 0.2) is 0 Å². The molecule has 0 bridgehead atoms. The molecule has 0 atom stereocenters. The number of hydrogen-bond acceptors (Lipinski definition) is 0. The number of aryl methyl sites for hydroxylation is 1. The van der Waals surface area contributed by atoms with Crippen LogP contribution >= 0.6 is 11.6 Å². The molecule has 0 aromatic heterocycles. The Bertz CT molecular complexity index is 454. The molecule has 2 heteroatoms. The molecule has 0 saturated heterocycles. The predicted molar refractivity (Wildman–Crippen MR) is 84.2 cm³/mol. The van der Waals surface area contributed by atoms with E-state index in [-0.39, 0.29) is 0 Å². The van der Waals surface area contributed by atoms with Crippen molar-refractivity contribution in [2.24, 2.45) is 0 Å². The summed E-state index contributed by atoms with van der Waals surface area (Å²) in [6.45, 7) is 10.3. The van der Waals surface area contributed by atoms with Gasteiger partial charge in [0.05, 0.1) is 0 Å². The summed E-state index contributed by atoms with van der Waals surface area (Å²) >= 11 is 5.97. The molecule has 1 aromatic rings. The van der Waals surface area contributed by atoms with Gasteiger partial charge in [-0.3, -0.25) is 0 Å². The highest BCUT2D eigenvalue weighted by molar-refractivity contribution is 6.75. The zero-order valence-corrected chi connectivity index (χ0v) is 12.2. The zero-order valence-electron chi connectivity index (χ0n) is 11.4. The van der Waals surface area contributed by atoms with Crippen molar-refractivity contribution >= 4 is 18.3 Å². The summed E-state index contributed by atoms with van der Waals surface area (Å²) in [5.41, 5.74) is 3.77. The van der Waals surface area contributed by atoms with Crippen molar-refractivity contribution in [3.05, 3.63) is 70.6 Å². The molecule has 0 saturated carbocycles. The summed E-state index contributed by atoms with van der Waals surface area (Å²) < 4.78 is 0. The highest BCUT2D eigenvalue weighted by Gasteiger charge is 2.20. The third-order valence-corrected chi connectivity index (χ3v) is 3.13. The first kappa shape index (κ1) is 14.9. The van der Waals surface area contributed by atoms with Crippen molar-refractivity contribution in [1.29, 1.82) is 0 Å². The molecule has 0 N–H and O–H groups in total. The Kier molecular flexibility index (Phi) is 6.01. The van der Waals surface area contributed by atoms with E-state index in [2.05, 4.69) is 49.8 Å². The molecule has 1 aromatic carbocycles. The van der Waals surface area contributed by atoms with Crippen LogP contribution in [-0.4, -0.2) is 6.71 Å². The summed E-state index contributed by atoms with van der Waals surface area (Å²) in [4.78, 5) is 0. The summed E-state index contributed by atoms with van der Waals surface area (Å²) in [5, 5.41) is 0.655. The van der Waals surface area contributed by atoms with Crippen molar-refractivity contribution in [3.63, 3.8) is 0 Å². The first-order valence-electron chi connectivity index (χ1n) is 6.45. The van der Waals surface area contributed by atoms with Gasteiger partial charge in [0, 0.05) is 5.03 Å². The van der Waals surface area contributed by atoms with Crippen LogP contribution in [0.1, 0.15) is 25.0 Å². The molecule has 1 aliphatic heterocycles. The highest BCUT2D eigenvalue weighted by Crippen LogP contribution is 2.23. The van der Waals surface area contributed by atoms with Crippen molar-refractivity contribution in [1.82, 2.24) is 0 Å². The average molecular weight is 259 g/mol. The van der Waals surface area contributed by atoms with Gasteiger partial charge in [0.1, 0.15) is 0 Å². The maximum absolute atomic E-state index is 5.97. The lowest BCUT2D eigenvalue weighted by molar-refractivity contribution is 1.33. The summed E-state index contributed by atoms with van der Waals surface area (Å²) in [5.74, 6) is 2.18. The highest BCUT2D eigenvalue weighted by atomic mass is 35.5. The second kappa shape index (κ2) is 7.28. The molecule has 0 amide bonds. The Morgan fingerprint density at radius 2 is 1.83 bits per heavy atom. The lowest BCUT2D eigenvalue weighted by atomic mass is 9.43. The van der Waals surface area contributed by atoms with E-state index in [1.807, 2.05) is 19.9 Å². The van der Waals surface area contributed by atoms with Gasteiger partial charge in [-0.05, 0) is 13.2 Å². The van der Waals surface area contributed by atoms with Gasteiger partial charge < -0.3 is 0 Å². The molecule has 1 heterocycles. The number of hydrogen-bond donors (Lipinski definition) is 0. The van der Waals surface area contributed by atoms with E-state index in [1.54, 1.807) is 0 Å². The SMILES string of the molecule is C=C(Cl)C1=CC=CB1Cc1ccc(C)cc1.CC. The fraction of sp³-hybridized carbons (Fsp3) is 0.250. The van der Waals surface area contributed by atoms with Gasteiger partial charge in [-0.15, -0.1) is 5.98 Å². The maximum Gasteiger partial charge on any atom is 0.207 e. The second-order valence-electron chi connectivity index (χ2n) is 4.21. The smallest absolute Gasteiger partial charge is 0.110 e. The van der Waals surface area contributed by atoms with Crippen molar-refractivity contribution in [3.8, 4) is 0 Å². The first-order valence-corrected chi connectivity index (χ1v) is 6.83. The van der Waals surface area contributed by atoms with Crippen molar-refractivity contribution in [2.45, 2.75) is 27.1 Å². The van der Waals surface area contributed by atoms with Crippen molar-refractivity contribution in [2.75, 3.05) is 0 Å². The van der Waals surface area contributed by atoms with E-state index in [4.69, 9.17) is 11.6 Å². The molecule has 0 unspecified atom stereocenters. The van der Waals surface area contributed by atoms with Gasteiger partial charge in [-0.25, -0.2) is 0 Å². The molecular formula is C16H20BCl. The largest absolute Gasteiger partial charge is 0.207 e. The molecular weight excluding hydrogens is 238 g/mol. The van der Waals surface area contributed by atoms with Gasteiger partial charge in [-0.1, -0.05) is 85.0 Å². The van der Waals surface area contributed by atoms with Crippen LogP contribution in [0.15, 0.2) is 59.5 Å². The fourth-order valence-electron chi connectivity index (χ4n) is 1.97. The van der Waals surface area contributed by atoms with Crippen LogP contribution in [0, 0.1) is 6.92 Å². The molecule has 2 rings (SSSR count). The van der Waals surface area contributed by atoms with E-state index >= 15 is 0 Å². The van der Waals surface area contributed by atoms with Crippen LogP contribution in [-0.2, 0) is 6.32 Å². The normalized spacial score (nSPS) is 12.9. The van der Waals surface area contributed by atoms with Gasteiger partial charge in [0.2, 0.25) is 6.71 Å². The topological polar surface area (TPSA) is 0 Å². The van der Waals surface area contributed by atoms with Crippen LogP contribution < -0.4 is 0 Å². The third-order valence-electron chi connectivity index (χ3n) is 2.91. The zero-order chi connectivity index (χ0) is 13.5. The lowest BCUT2D eigenvalue weighted by Gasteiger charge is -2.09. The van der Waals surface area contributed by atoms with Crippen LogP contribution in [0.2, 0.25) is 0 Å². The number of rotatable bonds is 3. The van der Waals surface area contributed by atoms with Crippen LogP contribution in [0.5, 0.6) is 0 Å². The van der Waals surface area contributed by atoms with Crippen LogP contribution in [0.3, 0.4) is 0 Å². The quantitative estimate of drug-likeness (QED) is 0.675.